The number of carbonyl (C=O) groups excluding carboxylic acids is 1. The number of hydrogen-bond donors (Lipinski definition) is 0. The predicted molar refractivity (Wildman–Crippen MR) is 55.2 cm³/mol. The van der Waals surface area contributed by atoms with E-state index in [9.17, 15) is 4.79 Å². The standard InChI is InChI=1S/C11H12N2O/c1-9-6-10(14)8-13(7-9)11-4-2-3-5-12-11/h2-6H,7-8H2,1H3. The molecule has 14 heavy (non-hydrogen) atoms. The SMILES string of the molecule is CC1=CC(=O)CN(c2ccccn2)C1. The Morgan fingerprint density at radius 3 is 2.86 bits per heavy atom. The molecule has 0 aromatic carbocycles. The van der Waals surface area contributed by atoms with Crippen LogP contribution in [0.15, 0.2) is 36.0 Å². The molecule has 0 atom stereocenters. The number of hydrogen-bond acceptors (Lipinski definition) is 3. The lowest BCUT2D eigenvalue weighted by Gasteiger charge is -2.25. The summed E-state index contributed by atoms with van der Waals surface area (Å²) in [7, 11) is 0. The maximum Gasteiger partial charge on any atom is 0.174 e. The second kappa shape index (κ2) is 3.62. The van der Waals surface area contributed by atoms with Crippen molar-refractivity contribution in [1.29, 1.82) is 0 Å². The average molecular weight is 188 g/mol. The Balaban J connectivity index is 2.22. The van der Waals surface area contributed by atoms with E-state index in [1.54, 1.807) is 12.3 Å². The summed E-state index contributed by atoms with van der Waals surface area (Å²) in [6, 6.07) is 5.73. The minimum atomic E-state index is 0.152. The molecule has 0 radical (unpaired) electrons. The molecule has 1 aromatic heterocycles. The summed E-state index contributed by atoms with van der Waals surface area (Å²) < 4.78 is 0. The van der Waals surface area contributed by atoms with Crippen LogP contribution in [-0.2, 0) is 4.79 Å². The maximum atomic E-state index is 11.3. The highest BCUT2D eigenvalue weighted by molar-refractivity contribution is 5.95. The van der Waals surface area contributed by atoms with Crippen LogP contribution in [-0.4, -0.2) is 23.9 Å². The first kappa shape index (κ1) is 8.94. The van der Waals surface area contributed by atoms with Gasteiger partial charge in [-0.05, 0) is 25.1 Å². The summed E-state index contributed by atoms with van der Waals surface area (Å²) >= 11 is 0. The third kappa shape index (κ3) is 1.82. The highest BCUT2D eigenvalue weighted by Gasteiger charge is 2.16. The van der Waals surface area contributed by atoms with E-state index in [2.05, 4.69) is 4.98 Å². The normalized spacial score (nSPS) is 16.8. The minimum Gasteiger partial charge on any atom is -0.345 e. The van der Waals surface area contributed by atoms with Crippen molar-refractivity contribution in [3.63, 3.8) is 0 Å². The maximum absolute atomic E-state index is 11.3. The van der Waals surface area contributed by atoms with Gasteiger partial charge in [0.2, 0.25) is 0 Å². The Morgan fingerprint density at radius 2 is 2.21 bits per heavy atom. The van der Waals surface area contributed by atoms with Crippen LogP contribution in [0.5, 0.6) is 0 Å². The van der Waals surface area contributed by atoms with Gasteiger partial charge in [-0.15, -0.1) is 0 Å². The monoisotopic (exact) mass is 188 g/mol. The molecular weight excluding hydrogens is 176 g/mol. The van der Waals surface area contributed by atoms with Crippen molar-refractivity contribution in [3.05, 3.63) is 36.0 Å². The molecule has 0 saturated heterocycles. The molecule has 1 aromatic rings. The van der Waals surface area contributed by atoms with Crippen LogP contribution in [0.3, 0.4) is 0 Å². The smallest absolute Gasteiger partial charge is 0.174 e. The molecule has 1 aliphatic heterocycles. The van der Waals surface area contributed by atoms with Gasteiger partial charge in [-0.25, -0.2) is 4.98 Å². The summed E-state index contributed by atoms with van der Waals surface area (Å²) in [5.74, 6) is 1.02. The summed E-state index contributed by atoms with van der Waals surface area (Å²) in [6.07, 6.45) is 3.45. The number of ketones is 1. The van der Waals surface area contributed by atoms with Gasteiger partial charge in [0.1, 0.15) is 5.82 Å². The Bertz CT molecular complexity index is 370. The predicted octanol–water partition coefficient (Wildman–Crippen LogP) is 1.42. The van der Waals surface area contributed by atoms with E-state index in [1.165, 1.54) is 0 Å². The molecule has 72 valence electrons. The van der Waals surface area contributed by atoms with Gasteiger partial charge >= 0.3 is 0 Å². The van der Waals surface area contributed by atoms with Crippen LogP contribution in [0.4, 0.5) is 5.82 Å². The molecule has 0 saturated carbocycles. The number of aromatic nitrogens is 1. The van der Waals surface area contributed by atoms with Crippen molar-refractivity contribution >= 4 is 11.6 Å². The van der Waals surface area contributed by atoms with E-state index in [0.29, 0.717) is 6.54 Å². The Kier molecular flexibility index (Phi) is 2.31. The first-order valence-corrected chi connectivity index (χ1v) is 4.62. The van der Waals surface area contributed by atoms with Crippen LogP contribution < -0.4 is 4.90 Å². The molecule has 2 rings (SSSR count). The van der Waals surface area contributed by atoms with Crippen molar-refractivity contribution in [1.82, 2.24) is 4.98 Å². The van der Waals surface area contributed by atoms with Gasteiger partial charge < -0.3 is 4.90 Å². The zero-order chi connectivity index (χ0) is 9.97. The molecule has 0 bridgehead atoms. The van der Waals surface area contributed by atoms with Gasteiger partial charge in [-0.2, -0.15) is 0 Å². The van der Waals surface area contributed by atoms with E-state index in [-0.39, 0.29) is 5.78 Å². The zero-order valence-electron chi connectivity index (χ0n) is 8.10. The first-order valence-electron chi connectivity index (χ1n) is 4.62. The lowest BCUT2D eigenvalue weighted by atomic mass is 10.1. The fraction of sp³-hybridized carbons (Fsp3) is 0.273. The van der Waals surface area contributed by atoms with Crippen LogP contribution in [0, 0.1) is 0 Å². The summed E-state index contributed by atoms with van der Waals surface area (Å²) in [6.45, 7) is 3.20. The van der Waals surface area contributed by atoms with Crippen molar-refractivity contribution in [2.24, 2.45) is 0 Å². The molecule has 0 aliphatic carbocycles. The van der Waals surface area contributed by atoms with Gasteiger partial charge in [-0.3, -0.25) is 4.79 Å². The number of anilines is 1. The molecule has 3 nitrogen and oxygen atoms in total. The zero-order valence-corrected chi connectivity index (χ0v) is 8.10. The topological polar surface area (TPSA) is 33.2 Å². The number of carbonyl (C=O) groups is 1. The van der Waals surface area contributed by atoms with E-state index in [4.69, 9.17) is 0 Å². The molecule has 0 fully saturated rings. The Hall–Kier alpha value is -1.64. The van der Waals surface area contributed by atoms with Gasteiger partial charge in [0.25, 0.3) is 0 Å². The van der Waals surface area contributed by atoms with E-state index in [1.807, 2.05) is 30.0 Å². The van der Waals surface area contributed by atoms with E-state index >= 15 is 0 Å². The van der Waals surface area contributed by atoms with Crippen molar-refractivity contribution in [2.75, 3.05) is 18.0 Å². The molecule has 2 heterocycles. The van der Waals surface area contributed by atoms with Gasteiger partial charge in [0.15, 0.2) is 5.78 Å². The second-order valence-electron chi connectivity index (χ2n) is 3.50. The second-order valence-corrected chi connectivity index (χ2v) is 3.50. The highest BCUT2D eigenvalue weighted by atomic mass is 16.1. The molecule has 0 N–H and O–H groups in total. The fourth-order valence-corrected chi connectivity index (χ4v) is 1.61. The molecular formula is C11H12N2O. The minimum absolute atomic E-state index is 0.152. The van der Waals surface area contributed by atoms with Crippen LogP contribution >= 0.6 is 0 Å². The lowest BCUT2D eigenvalue weighted by molar-refractivity contribution is -0.113. The van der Waals surface area contributed by atoms with Gasteiger partial charge in [0, 0.05) is 12.7 Å². The molecule has 0 unspecified atom stereocenters. The van der Waals surface area contributed by atoms with E-state index < -0.39 is 0 Å². The quantitative estimate of drug-likeness (QED) is 0.668. The number of rotatable bonds is 1. The van der Waals surface area contributed by atoms with Crippen LogP contribution in [0.25, 0.3) is 0 Å². The summed E-state index contributed by atoms with van der Waals surface area (Å²) in [5, 5.41) is 0. The van der Waals surface area contributed by atoms with Crippen molar-refractivity contribution in [2.45, 2.75) is 6.92 Å². The third-order valence-electron chi connectivity index (χ3n) is 2.17. The van der Waals surface area contributed by atoms with Gasteiger partial charge in [0.05, 0.1) is 6.54 Å². The molecule has 1 aliphatic rings. The van der Waals surface area contributed by atoms with Crippen molar-refractivity contribution in [3.8, 4) is 0 Å². The third-order valence-corrected chi connectivity index (χ3v) is 2.17. The van der Waals surface area contributed by atoms with Gasteiger partial charge in [-0.1, -0.05) is 11.6 Å². The van der Waals surface area contributed by atoms with Crippen LogP contribution in [0.2, 0.25) is 0 Å². The van der Waals surface area contributed by atoms with E-state index in [0.717, 1.165) is 17.9 Å². The average Bonchev–Trinajstić information content (AvgIpc) is 2.18. The highest BCUT2D eigenvalue weighted by Crippen LogP contribution is 2.14. The summed E-state index contributed by atoms with van der Waals surface area (Å²) in [4.78, 5) is 17.5. The molecule has 3 heteroatoms. The summed E-state index contributed by atoms with van der Waals surface area (Å²) in [5.41, 5.74) is 1.09. The largest absolute Gasteiger partial charge is 0.345 e. The van der Waals surface area contributed by atoms with Crippen molar-refractivity contribution < 1.29 is 4.79 Å². The number of nitrogens with zero attached hydrogens (tertiary/aromatic N) is 2. The molecule has 0 amide bonds. The number of pyridine rings is 1. The Morgan fingerprint density at radius 1 is 1.36 bits per heavy atom. The fourth-order valence-electron chi connectivity index (χ4n) is 1.61. The first-order chi connectivity index (χ1) is 6.75. The molecule has 0 spiro atoms. The lowest BCUT2D eigenvalue weighted by Crippen LogP contribution is -2.35. The Labute approximate surface area is 83.1 Å². The van der Waals surface area contributed by atoms with Crippen LogP contribution in [0.1, 0.15) is 6.92 Å².